The Morgan fingerprint density at radius 1 is 1.53 bits per heavy atom. The highest BCUT2D eigenvalue weighted by Gasteiger charge is 2.22. The summed E-state index contributed by atoms with van der Waals surface area (Å²) in [5.41, 5.74) is 4.99. The van der Waals surface area contributed by atoms with E-state index in [9.17, 15) is 9.59 Å². The molecule has 1 aliphatic rings. The van der Waals surface area contributed by atoms with Crippen LogP contribution in [0.4, 0.5) is 0 Å². The molecule has 1 fully saturated rings. The normalized spacial score (nSPS) is 21.4. The zero-order valence-electron chi connectivity index (χ0n) is 8.86. The van der Waals surface area contributed by atoms with Crippen LogP contribution in [0.3, 0.4) is 0 Å². The molecule has 1 aliphatic heterocycles. The first-order valence-electron chi connectivity index (χ1n) is 4.97. The Morgan fingerprint density at radius 3 is 2.87 bits per heavy atom. The van der Waals surface area contributed by atoms with E-state index < -0.39 is 0 Å². The number of amides is 2. The maximum absolute atomic E-state index is 11.7. The molecule has 15 heavy (non-hydrogen) atoms. The molecule has 0 aromatic carbocycles. The van der Waals surface area contributed by atoms with Gasteiger partial charge in [-0.1, -0.05) is 0 Å². The monoisotopic (exact) mass is 231 g/mol. The smallest absolute Gasteiger partial charge is 0.232 e. The summed E-state index contributed by atoms with van der Waals surface area (Å²) in [5.74, 6) is 0.274. The maximum Gasteiger partial charge on any atom is 0.232 e. The van der Waals surface area contributed by atoms with Crippen LogP contribution in [-0.4, -0.2) is 53.9 Å². The van der Waals surface area contributed by atoms with Crippen LogP contribution in [0, 0.1) is 0 Å². The van der Waals surface area contributed by atoms with E-state index >= 15 is 0 Å². The highest BCUT2D eigenvalue weighted by atomic mass is 32.2. The number of primary amides is 1. The molecule has 0 aromatic rings. The molecule has 1 rings (SSSR count). The Hall–Kier alpha value is -0.750. The minimum Gasteiger partial charge on any atom is -0.369 e. The Bertz CT molecular complexity index is 248. The van der Waals surface area contributed by atoms with Crippen molar-refractivity contribution >= 4 is 23.6 Å². The zero-order valence-corrected chi connectivity index (χ0v) is 9.68. The molecule has 0 aromatic heterocycles. The number of rotatable bonds is 4. The SMILES string of the molecule is C[C@H]1CNCCN1C(=O)CSCC(N)=O. The van der Waals surface area contributed by atoms with Gasteiger partial charge in [0.15, 0.2) is 0 Å². The van der Waals surface area contributed by atoms with Gasteiger partial charge < -0.3 is 16.0 Å². The molecule has 5 nitrogen and oxygen atoms in total. The average Bonchev–Trinajstić information content (AvgIpc) is 2.17. The van der Waals surface area contributed by atoms with Crippen molar-refractivity contribution in [2.45, 2.75) is 13.0 Å². The minimum absolute atomic E-state index is 0.0928. The van der Waals surface area contributed by atoms with Gasteiger partial charge in [0.1, 0.15) is 0 Å². The predicted molar refractivity (Wildman–Crippen MR) is 60.6 cm³/mol. The van der Waals surface area contributed by atoms with E-state index in [0.717, 1.165) is 19.6 Å². The van der Waals surface area contributed by atoms with Crippen molar-refractivity contribution in [2.24, 2.45) is 5.73 Å². The Morgan fingerprint density at radius 2 is 2.27 bits per heavy atom. The molecule has 1 heterocycles. The van der Waals surface area contributed by atoms with Gasteiger partial charge in [0.2, 0.25) is 11.8 Å². The van der Waals surface area contributed by atoms with Crippen LogP contribution in [0.15, 0.2) is 0 Å². The van der Waals surface area contributed by atoms with Gasteiger partial charge in [0.05, 0.1) is 11.5 Å². The zero-order chi connectivity index (χ0) is 11.3. The minimum atomic E-state index is -0.374. The quantitative estimate of drug-likeness (QED) is 0.652. The van der Waals surface area contributed by atoms with E-state index in [1.165, 1.54) is 11.8 Å². The van der Waals surface area contributed by atoms with Crippen LogP contribution in [0.5, 0.6) is 0 Å². The second-order valence-corrected chi connectivity index (χ2v) is 4.58. The molecule has 0 radical (unpaired) electrons. The summed E-state index contributed by atoms with van der Waals surface area (Å²) >= 11 is 1.28. The van der Waals surface area contributed by atoms with Crippen LogP contribution < -0.4 is 11.1 Å². The third-order valence-electron chi connectivity index (χ3n) is 2.29. The largest absolute Gasteiger partial charge is 0.369 e. The fourth-order valence-corrected chi connectivity index (χ4v) is 2.18. The number of nitrogens with zero attached hydrogens (tertiary/aromatic N) is 1. The molecule has 0 aliphatic carbocycles. The number of thioether (sulfide) groups is 1. The first kappa shape index (κ1) is 12.3. The van der Waals surface area contributed by atoms with Gasteiger partial charge in [-0.15, -0.1) is 11.8 Å². The molecular formula is C9H17N3O2S. The summed E-state index contributed by atoms with van der Waals surface area (Å²) in [4.78, 5) is 24.1. The lowest BCUT2D eigenvalue weighted by molar-refractivity contribution is -0.131. The summed E-state index contributed by atoms with van der Waals surface area (Å²) in [6, 6.07) is 0.237. The first-order valence-corrected chi connectivity index (χ1v) is 6.13. The molecule has 6 heteroatoms. The molecule has 0 unspecified atom stereocenters. The Balaban J connectivity index is 2.29. The van der Waals surface area contributed by atoms with E-state index in [1.807, 2.05) is 11.8 Å². The molecule has 2 amide bonds. The molecule has 1 atom stereocenters. The molecule has 1 saturated heterocycles. The second-order valence-electron chi connectivity index (χ2n) is 3.60. The highest BCUT2D eigenvalue weighted by Crippen LogP contribution is 2.07. The third kappa shape index (κ3) is 4.09. The molecule has 0 spiro atoms. The van der Waals surface area contributed by atoms with Crippen LogP contribution in [0.25, 0.3) is 0 Å². The number of hydrogen-bond donors (Lipinski definition) is 2. The maximum atomic E-state index is 11.7. The lowest BCUT2D eigenvalue weighted by atomic mass is 10.2. The lowest BCUT2D eigenvalue weighted by Crippen LogP contribution is -2.52. The summed E-state index contributed by atoms with van der Waals surface area (Å²) in [6.07, 6.45) is 0. The van der Waals surface area contributed by atoms with Gasteiger partial charge in [-0.2, -0.15) is 0 Å². The highest BCUT2D eigenvalue weighted by molar-refractivity contribution is 8.00. The van der Waals surface area contributed by atoms with Crippen molar-refractivity contribution in [2.75, 3.05) is 31.1 Å². The fraction of sp³-hybridized carbons (Fsp3) is 0.778. The van der Waals surface area contributed by atoms with Crippen LogP contribution in [0.2, 0.25) is 0 Å². The number of carbonyl (C=O) groups excluding carboxylic acids is 2. The van der Waals surface area contributed by atoms with Crippen LogP contribution in [0.1, 0.15) is 6.92 Å². The lowest BCUT2D eigenvalue weighted by Gasteiger charge is -2.33. The molecule has 0 bridgehead atoms. The van der Waals surface area contributed by atoms with Crippen LogP contribution in [-0.2, 0) is 9.59 Å². The molecule has 0 saturated carbocycles. The van der Waals surface area contributed by atoms with Crippen molar-refractivity contribution in [3.05, 3.63) is 0 Å². The fourth-order valence-electron chi connectivity index (χ4n) is 1.53. The Kier molecular flexibility index (Phi) is 4.90. The molecular weight excluding hydrogens is 214 g/mol. The third-order valence-corrected chi connectivity index (χ3v) is 3.23. The summed E-state index contributed by atoms with van der Waals surface area (Å²) < 4.78 is 0. The first-order chi connectivity index (χ1) is 7.11. The summed E-state index contributed by atoms with van der Waals surface area (Å²) in [5, 5.41) is 3.22. The number of nitrogens with two attached hydrogens (primary N) is 1. The van der Waals surface area contributed by atoms with Gasteiger partial charge in [-0.3, -0.25) is 9.59 Å². The van der Waals surface area contributed by atoms with Crippen molar-refractivity contribution in [1.29, 1.82) is 0 Å². The Labute approximate surface area is 93.7 Å². The standard InChI is InChI=1S/C9H17N3O2S/c1-7-4-11-2-3-12(7)9(14)6-15-5-8(10)13/h7,11H,2-6H2,1H3,(H2,10,13)/t7-/m0/s1. The van der Waals surface area contributed by atoms with Crippen molar-refractivity contribution < 1.29 is 9.59 Å². The predicted octanol–water partition coefficient (Wildman–Crippen LogP) is -0.975. The molecule has 86 valence electrons. The van der Waals surface area contributed by atoms with Gasteiger partial charge in [-0.05, 0) is 6.92 Å². The number of piperazine rings is 1. The summed E-state index contributed by atoms with van der Waals surface area (Å²) in [7, 11) is 0. The summed E-state index contributed by atoms with van der Waals surface area (Å²) in [6.45, 7) is 4.45. The van der Waals surface area contributed by atoms with Crippen LogP contribution >= 0.6 is 11.8 Å². The van der Waals surface area contributed by atoms with Gasteiger partial charge >= 0.3 is 0 Å². The van der Waals surface area contributed by atoms with E-state index in [4.69, 9.17) is 5.73 Å². The van der Waals surface area contributed by atoms with E-state index in [0.29, 0.717) is 5.75 Å². The average molecular weight is 231 g/mol. The van der Waals surface area contributed by atoms with E-state index in [2.05, 4.69) is 5.32 Å². The van der Waals surface area contributed by atoms with E-state index in [-0.39, 0.29) is 23.6 Å². The van der Waals surface area contributed by atoms with Crippen molar-refractivity contribution in [3.63, 3.8) is 0 Å². The van der Waals surface area contributed by atoms with Gasteiger partial charge in [0.25, 0.3) is 0 Å². The second kappa shape index (κ2) is 5.97. The van der Waals surface area contributed by atoms with Crippen molar-refractivity contribution in [3.8, 4) is 0 Å². The topological polar surface area (TPSA) is 75.4 Å². The number of carbonyl (C=O) groups is 2. The van der Waals surface area contributed by atoms with E-state index in [1.54, 1.807) is 0 Å². The van der Waals surface area contributed by atoms with Crippen molar-refractivity contribution in [1.82, 2.24) is 10.2 Å². The number of nitrogens with one attached hydrogen (secondary N) is 1. The van der Waals surface area contributed by atoms with Gasteiger partial charge in [-0.25, -0.2) is 0 Å². The number of hydrogen-bond acceptors (Lipinski definition) is 4. The molecule has 3 N–H and O–H groups in total. The van der Waals surface area contributed by atoms with Gasteiger partial charge in [0, 0.05) is 25.7 Å².